The molecule has 1 unspecified atom stereocenters. The summed E-state index contributed by atoms with van der Waals surface area (Å²) in [5, 5.41) is 0. The summed E-state index contributed by atoms with van der Waals surface area (Å²) >= 11 is 0. The highest BCUT2D eigenvalue weighted by Gasteiger charge is 2.35. The number of nitrogens with zero attached hydrogens (tertiary/aromatic N) is 6. The van der Waals surface area contributed by atoms with Crippen molar-refractivity contribution in [2.75, 3.05) is 136 Å². The average Bonchev–Trinajstić information content (AvgIpc) is 3.17. The Morgan fingerprint density at radius 1 is 0.364 bits per heavy atom. The van der Waals surface area contributed by atoms with Gasteiger partial charge in [0.2, 0.25) is 0 Å². The van der Waals surface area contributed by atoms with Gasteiger partial charge in [0, 0.05) is 58.9 Å². The number of esters is 3. The molecule has 10 N–H and O–H groups in total. The van der Waals surface area contributed by atoms with Crippen LogP contribution in [0.4, 0.5) is 0 Å². The Balaban J connectivity index is 6.01. The van der Waals surface area contributed by atoms with Crippen molar-refractivity contribution in [3.05, 3.63) is 0 Å². The molecule has 392 valence electrons. The number of rotatable bonds is 39. The smallest absolute Gasteiger partial charge is 0.339 e. The fourth-order valence-corrected chi connectivity index (χ4v) is 10.4. The topological polar surface area (TPSA) is 386 Å². The number of carbonyl (C=O) groups is 3. The lowest BCUT2D eigenvalue weighted by Crippen LogP contribution is -2.41. The summed E-state index contributed by atoms with van der Waals surface area (Å²) in [6, 6.07) is 0. The SMILES string of the molecule is CCN(CC)CCN(CC)CCC(=O)OCC(CC)(COC(=O)CCN(CC)CCN(CP(=O)(O)O)CP(=O)(O)O)COC(=O)CCN(CCN(CP(=O)(O)O)CP(=O)(O)O)CP(=O)(O)O. The molecule has 0 aliphatic rings. The van der Waals surface area contributed by atoms with Gasteiger partial charge in [-0.15, -0.1) is 0 Å². The van der Waals surface area contributed by atoms with Crippen molar-refractivity contribution < 1.29 is 100 Å². The lowest BCUT2D eigenvalue weighted by Gasteiger charge is -2.32. The number of carbonyl (C=O) groups excluding carboxylic acids is 3. The van der Waals surface area contributed by atoms with Crippen molar-refractivity contribution in [3.8, 4) is 0 Å². The summed E-state index contributed by atoms with van der Waals surface area (Å²) in [6.45, 7) is 11.7. The van der Waals surface area contributed by atoms with Crippen molar-refractivity contribution in [2.24, 2.45) is 5.41 Å². The first-order chi connectivity index (χ1) is 30.2. The Labute approximate surface area is 386 Å². The van der Waals surface area contributed by atoms with Crippen LogP contribution in [-0.2, 0) is 51.4 Å². The Kier molecular flexibility index (Phi) is 30.8. The largest absolute Gasteiger partial charge is 0.465 e. The van der Waals surface area contributed by atoms with Crippen molar-refractivity contribution >= 4 is 55.9 Å². The standard InChI is InChI=1S/C34H75N6O21P5/c1-6-34(23-59-31(41)11-14-36(9-4)18-17-35(7-2)8-3,24-60-32(42)12-15-37(10-5)19-21-39(27-63(47,48)49)28-64(50,51)52)25-61-33(43)13-16-38(26-62(44,45)46)20-22-40(29-65(53,54)55)30-66(56,57)58/h6-30H2,1-5H3,(H2,44,45,46)(H2,47,48,49)(H2,50,51,52)(H2,53,54,55)(H2,56,57,58). The zero-order chi connectivity index (χ0) is 51.0. The van der Waals surface area contributed by atoms with Crippen LogP contribution < -0.4 is 0 Å². The Bertz CT molecular complexity index is 1640. The maximum atomic E-state index is 13.1. The lowest BCUT2D eigenvalue weighted by atomic mass is 9.88. The molecular weight excluding hydrogens is 983 g/mol. The van der Waals surface area contributed by atoms with Crippen molar-refractivity contribution in [2.45, 2.75) is 60.3 Å². The van der Waals surface area contributed by atoms with Gasteiger partial charge in [-0.3, -0.25) is 51.9 Å². The molecule has 0 amide bonds. The van der Waals surface area contributed by atoms with Gasteiger partial charge in [-0.2, -0.15) is 0 Å². The van der Waals surface area contributed by atoms with E-state index in [2.05, 4.69) is 23.6 Å². The molecule has 27 nitrogen and oxygen atoms in total. The molecule has 0 aromatic carbocycles. The second-order valence-corrected chi connectivity index (χ2v) is 24.0. The molecule has 0 aliphatic carbocycles. The molecule has 0 aromatic rings. The van der Waals surface area contributed by atoms with E-state index in [0.717, 1.165) is 40.9 Å². The van der Waals surface area contributed by atoms with Crippen LogP contribution in [0.3, 0.4) is 0 Å². The monoisotopic (exact) mass is 1060 g/mol. The lowest BCUT2D eigenvalue weighted by molar-refractivity contribution is -0.162. The van der Waals surface area contributed by atoms with Crippen LogP contribution in [0.5, 0.6) is 0 Å². The van der Waals surface area contributed by atoms with Crippen LogP contribution in [0.25, 0.3) is 0 Å². The van der Waals surface area contributed by atoms with Crippen LogP contribution in [0.2, 0.25) is 0 Å². The number of hydrogen-bond donors (Lipinski definition) is 10. The minimum absolute atomic E-state index is 0.0210. The molecule has 0 rings (SSSR count). The summed E-state index contributed by atoms with van der Waals surface area (Å²) in [4.78, 5) is 142. The summed E-state index contributed by atoms with van der Waals surface area (Å²) < 4.78 is 75.0. The van der Waals surface area contributed by atoms with Crippen molar-refractivity contribution in [1.82, 2.24) is 29.4 Å². The zero-order valence-corrected chi connectivity index (χ0v) is 43.0. The molecule has 0 radical (unpaired) electrons. The van der Waals surface area contributed by atoms with Crippen molar-refractivity contribution in [1.29, 1.82) is 0 Å². The van der Waals surface area contributed by atoms with Crippen LogP contribution in [0, 0.1) is 5.41 Å². The van der Waals surface area contributed by atoms with Gasteiger partial charge in [-0.05, 0) is 32.6 Å². The number of likely N-dealkylation sites (N-methyl/N-ethyl adjacent to an activating group) is 3. The molecule has 0 heterocycles. The average molecular weight is 1060 g/mol. The molecule has 1 atom stereocenters. The van der Waals surface area contributed by atoms with Gasteiger partial charge < -0.3 is 77.8 Å². The second kappa shape index (κ2) is 31.3. The van der Waals surface area contributed by atoms with Gasteiger partial charge in [0.25, 0.3) is 0 Å². The third kappa shape index (κ3) is 35.1. The predicted molar refractivity (Wildman–Crippen MR) is 241 cm³/mol. The zero-order valence-electron chi connectivity index (χ0n) is 38.6. The molecular formula is C34H75N6O21P5. The molecule has 0 saturated heterocycles. The first kappa shape index (κ1) is 64.9. The molecule has 0 aliphatic heterocycles. The van der Waals surface area contributed by atoms with E-state index in [1.54, 1.807) is 18.7 Å². The Morgan fingerprint density at radius 2 is 0.591 bits per heavy atom. The van der Waals surface area contributed by atoms with E-state index >= 15 is 0 Å². The van der Waals surface area contributed by atoms with Gasteiger partial charge in [0.1, 0.15) is 51.2 Å². The maximum Gasteiger partial charge on any atom is 0.339 e. The quantitative estimate of drug-likeness (QED) is 0.0216. The van der Waals surface area contributed by atoms with Crippen LogP contribution in [0.1, 0.15) is 60.3 Å². The molecule has 0 saturated carbocycles. The molecule has 0 spiro atoms. The third-order valence-electron chi connectivity index (χ3n) is 10.2. The van der Waals surface area contributed by atoms with E-state index in [0.29, 0.717) is 19.6 Å². The summed E-state index contributed by atoms with van der Waals surface area (Å²) in [5.41, 5.74) is -1.29. The fraction of sp³-hybridized carbons (Fsp3) is 0.912. The fourth-order valence-electron chi connectivity index (χ4n) is 6.27. The summed E-state index contributed by atoms with van der Waals surface area (Å²) in [5.74, 6) is -2.20. The van der Waals surface area contributed by atoms with E-state index in [-0.39, 0.29) is 58.6 Å². The highest BCUT2D eigenvalue weighted by Crippen LogP contribution is 2.42. The molecule has 0 aromatic heterocycles. The van der Waals surface area contributed by atoms with Gasteiger partial charge in [0.15, 0.2) is 0 Å². The number of ether oxygens (including phenoxy) is 3. The van der Waals surface area contributed by atoms with Crippen LogP contribution in [-0.4, -0.2) is 233 Å². The molecule has 0 fully saturated rings. The van der Waals surface area contributed by atoms with E-state index in [9.17, 15) is 86.1 Å². The Hall–Kier alpha value is -1.08. The van der Waals surface area contributed by atoms with E-state index in [1.807, 2.05) is 6.92 Å². The minimum Gasteiger partial charge on any atom is -0.465 e. The number of hydrogen-bond acceptors (Lipinski definition) is 17. The van der Waals surface area contributed by atoms with Crippen molar-refractivity contribution in [3.63, 3.8) is 0 Å². The highest BCUT2D eigenvalue weighted by molar-refractivity contribution is 7.53. The first-order valence-corrected chi connectivity index (χ1v) is 30.3. The summed E-state index contributed by atoms with van der Waals surface area (Å²) in [6.07, 6.45) is -5.39. The van der Waals surface area contributed by atoms with Crippen LogP contribution >= 0.6 is 38.0 Å². The van der Waals surface area contributed by atoms with Gasteiger partial charge in [-0.1, -0.05) is 34.6 Å². The van der Waals surface area contributed by atoms with E-state index < -0.39 is 119 Å². The van der Waals surface area contributed by atoms with Gasteiger partial charge in [-0.25, -0.2) is 0 Å². The first-order valence-electron chi connectivity index (χ1n) is 21.3. The third-order valence-corrected chi connectivity index (χ3v) is 14.0. The van der Waals surface area contributed by atoms with Crippen LogP contribution in [0.15, 0.2) is 0 Å². The van der Waals surface area contributed by atoms with Gasteiger partial charge in [0.05, 0.1) is 24.7 Å². The van der Waals surface area contributed by atoms with Gasteiger partial charge >= 0.3 is 55.9 Å². The molecule has 66 heavy (non-hydrogen) atoms. The minimum atomic E-state index is -4.82. The maximum absolute atomic E-state index is 13.1. The van der Waals surface area contributed by atoms with E-state index in [1.165, 1.54) is 0 Å². The highest BCUT2D eigenvalue weighted by atomic mass is 31.2. The normalized spacial score (nSPS) is 14.2. The Morgan fingerprint density at radius 3 is 0.848 bits per heavy atom. The second-order valence-electron chi connectivity index (χ2n) is 15.9. The summed E-state index contributed by atoms with van der Waals surface area (Å²) in [7, 11) is -23.8. The molecule has 0 bridgehead atoms. The molecule has 32 heteroatoms. The van der Waals surface area contributed by atoms with E-state index in [4.69, 9.17) is 14.2 Å². The predicted octanol–water partition coefficient (Wildman–Crippen LogP) is -0.250.